The van der Waals surface area contributed by atoms with Crippen molar-refractivity contribution < 1.29 is 9.21 Å². The van der Waals surface area contributed by atoms with Crippen molar-refractivity contribution in [2.75, 3.05) is 31.1 Å². The van der Waals surface area contributed by atoms with Gasteiger partial charge in [-0.1, -0.05) is 11.6 Å². The fourth-order valence-electron chi connectivity index (χ4n) is 3.11. The Morgan fingerprint density at radius 3 is 2.54 bits per heavy atom. The topological polar surface area (TPSA) is 54.5 Å². The zero-order valence-corrected chi connectivity index (χ0v) is 15.0. The van der Waals surface area contributed by atoms with Crippen LogP contribution in [-0.2, 0) is 6.54 Å². The van der Waals surface area contributed by atoms with E-state index in [1.807, 2.05) is 47.5 Å². The van der Waals surface area contributed by atoms with Crippen LogP contribution in [0.3, 0.4) is 0 Å². The van der Waals surface area contributed by atoms with Crippen LogP contribution in [0, 0.1) is 0 Å². The third kappa shape index (κ3) is 3.60. The Morgan fingerprint density at radius 2 is 1.85 bits per heavy atom. The van der Waals surface area contributed by atoms with E-state index in [1.165, 1.54) is 0 Å². The third-order valence-corrected chi connectivity index (χ3v) is 4.76. The smallest absolute Gasteiger partial charge is 0.289 e. The Morgan fingerprint density at radius 1 is 1.08 bits per heavy atom. The summed E-state index contributed by atoms with van der Waals surface area (Å²) in [5, 5.41) is 4.87. The second kappa shape index (κ2) is 7.25. The molecule has 0 atom stereocenters. The summed E-state index contributed by atoms with van der Waals surface area (Å²) in [4.78, 5) is 16.8. The van der Waals surface area contributed by atoms with Gasteiger partial charge in [-0.05, 0) is 42.5 Å². The number of hydrogen-bond acceptors (Lipinski definition) is 4. The number of nitrogens with zero attached hydrogens (tertiary/aromatic N) is 4. The number of carbonyl (C=O) groups is 1. The van der Waals surface area contributed by atoms with Crippen LogP contribution in [0.2, 0.25) is 5.02 Å². The molecule has 2 aromatic heterocycles. The number of piperazine rings is 1. The van der Waals surface area contributed by atoms with E-state index < -0.39 is 0 Å². The van der Waals surface area contributed by atoms with E-state index in [0.29, 0.717) is 25.4 Å². The highest BCUT2D eigenvalue weighted by molar-refractivity contribution is 6.30. The van der Waals surface area contributed by atoms with Gasteiger partial charge in [0.2, 0.25) is 0 Å². The molecule has 0 spiro atoms. The molecule has 1 aliphatic rings. The molecular weight excluding hydrogens is 352 g/mol. The van der Waals surface area contributed by atoms with E-state index >= 15 is 0 Å². The zero-order valence-electron chi connectivity index (χ0n) is 14.2. The zero-order chi connectivity index (χ0) is 17.9. The van der Waals surface area contributed by atoms with Crippen molar-refractivity contribution in [3.63, 3.8) is 0 Å². The Labute approximate surface area is 156 Å². The van der Waals surface area contributed by atoms with Crippen LogP contribution in [0.1, 0.15) is 16.3 Å². The molecule has 3 heterocycles. The summed E-state index contributed by atoms with van der Waals surface area (Å²) in [6, 6.07) is 13.2. The molecule has 3 aromatic rings. The van der Waals surface area contributed by atoms with Crippen molar-refractivity contribution in [3.05, 3.63) is 71.4 Å². The minimum Gasteiger partial charge on any atom is -0.454 e. The average molecular weight is 371 g/mol. The van der Waals surface area contributed by atoms with E-state index in [4.69, 9.17) is 16.0 Å². The van der Waals surface area contributed by atoms with Gasteiger partial charge in [-0.15, -0.1) is 0 Å². The number of aromatic nitrogens is 2. The summed E-state index contributed by atoms with van der Waals surface area (Å²) >= 11 is 5.94. The SMILES string of the molecule is O=C(c1ccc(Cn2cccn2)o1)N1CCN(c2ccc(Cl)cc2)CC1. The second-order valence-corrected chi connectivity index (χ2v) is 6.66. The summed E-state index contributed by atoms with van der Waals surface area (Å²) in [6.07, 6.45) is 3.58. The van der Waals surface area contributed by atoms with Crippen molar-refractivity contribution in [1.82, 2.24) is 14.7 Å². The van der Waals surface area contributed by atoms with E-state index in [-0.39, 0.29) is 5.91 Å². The van der Waals surface area contributed by atoms with Gasteiger partial charge in [-0.25, -0.2) is 0 Å². The molecule has 26 heavy (non-hydrogen) atoms. The molecule has 0 unspecified atom stereocenters. The standard InChI is InChI=1S/C19H19ClN4O2/c20-15-2-4-16(5-3-15)22-10-12-23(13-11-22)19(25)18-7-6-17(26-18)14-24-9-1-8-21-24/h1-9H,10-14H2. The van der Waals surface area contributed by atoms with Gasteiger partial charge in [0.15, 0.2) is 5.76 Å². The first-order valence-corrected chi connectivity index (χ1v) is 8.93. The molecule has 0 bridgehead atoms. The summed E-state index contributed by atoms with van der Waals surface area (Å²) in [5.41, 5.74) is 1.13. The molecular formula is C19H19ClN4O2. The number of carbonyl (C=O) groups excluding carboxylic acids is 1. The number of anilines is 1. The van der Waals surface area contributed by atoms with Crippen molar-refractivity contribution in [1.29, 1.82) is 0 Å². The molecule has 0 N–H and O–H groups in total. The highest BCUT2D eigenvalue weighted by Crippen LogP contribution is 2.20. The third-order valence-electron chi connectivity index (χ3n) is 4.51. The maximum Gasteiger partial charge on any atom is 0.289 e. The van der Waals surface area contributed by atoms with Crippen molar-refractivity contribution in [2.45, 2.75) is 6.54 Å². The fourth-order valence-corrected chi connectivity index (χ4v) is 3.23. The van der Waals surface area contributed by atoms with Crippen LogP contribution >= 0.6 is 11.6 Å². The first-order chi connectivity index (χ1) is 12.7. The minimum absolute atomic E-state index is 0.0625. The number of rotatable bonds is 4. The van der Waals surface area contributed by atoms with Gasteiger partial charge in [0.25, 0.3) is 5.91 Å². The molecule has 4 rings (SSSR count). The van der Waals surface area contributed by atoms with E-state index in [1.54, 1.807) is 16.9 Å². The van der Waals surface area contributed by atoms with Crippen LogP contribution in [0.15, 0.2) is 59.3 Å². The Kier molecular flexibility index (Phi) is 4.67. The molecule has 1 aromatic carbocycles. The van der Waals surface area contributed by atoms with Crippen molar-refractivity contribution in [2.24, 2.45) is 0 Å². The monoisotopic (exact) mass is 370 g/mol. The maximum absolute atomic E-state index is 12.7. The average Bonchev–Trinajstić information content (AvgIpc) is 3.35. The highest BCUT2D eigenvalue weighted by Gasteiger charge is 2.24. The molecule has 1 fully saturated rings. The summed E-state index contributed by atoms with van der Waals surface area (Å²) in [6.45, 7) is 3.42. The molecule has 0 radical (unpaired) electrons. The van der Waals surface area contributed by atoms with Gasteiger partial charge in [-0.3, -0.25) is 9.48 Å². The number of furan rings is 1. The number of halogens is 1. The first-order valence-electron chi connectivity index (χ1n) is 8.55. The Hall–Kier alpha value is -2.73. The number of hydrogen-bond donors (Lipinski definition) is 0. The normalized spacial score (nSPS) is 14.7. The van der Waals surface area contributed by atoms with Crippen LogP contribution < -0.4 is 4.90 Å². The quantitative estimate of drug-likeness (QED) is 0.708. The van der Waals surface area contributed by atoms with Crippen LogP contribution in [0.25, 0.3) is 0 Å². The summed E-state index contributed by atoms with van der Waals surface area (Å²) in [5.74, 6) is 1.04. The lowest BCUT2D eigenvalue weighted by Gasteiger charge is -2.35. The van der Waals surface area contributed by atoms with Gasteiger partial charge in [0.1, 0.15) is 5.76 Å². The van der Waals surface area contributed by atoms with Gasteiger partial charge in [-0.2, -0.15) is 5.10 Å². The molecule has 0 aliphatic carbocycles. The van der Waals surface area contributed by atoms with Gasteiger partial charge >= 0.3 is 0 Å². The molecule has 1 saturated heterocycles. The molecule has 6 nitrogen and oxygen atoms in total. The lowest BCUT2D eigenvalue weighted by molar-refractivity contribution is 0.0712. The lowest BCUT2D eigenvalue weighted by atomic mass is 10.2. The van der Waals surface area contributed by atoms with Gasteiger partial charge in [0.05, 0.1) is 6.54 Å². The van der Waals surface area contributed by atoms with Gasteiger partial charge < -0.3 is 14.2 Å². The van der Waals surface area contributed by atoms with Gasteiger partial charge in [0, 0.05) is 49.3 Å². The highest BCUT2D eigenvalue weighted by atomic mass is 35.5. The predicted octanol–water partition coefficient (Wildman–Crippen LogP) is 3.14. The van der Waals surface area contributed by atoms with E-state index in [2.05, 4.69) is 10.00 Å². The van der Waals surface area contributed by atoms with E-state index in [0.717, 1.165) is 29.6 Å². The second-order valence-electron chi connectivity index (χ2n) is 6.23. The number of amides is 1. The molecule has 1 aliphatic heterocycles. The minimum atomic E-state index is -0.0625. The number of benzene rings is 1. The maximum atomic E-state index is 12.7. The Balaban J connectivity index is 1.36. The summed E-state index contributed by atoms with van der Waals surface area (Å²) in [7, 11) is 0. The first kappa shape index (κ1) is 16.7. The molecule has 134 valence electrons. The molecule has 1 amide bonds. The van der Waals surface area contributed by atoms with E-state index in [9.17, 15) is 4.79 Å². The largest absolute Gasteiger partial charge is 0.454 e. The van der Waals surface area contributed by atoms with Crippen LogP contribution in [-0.4, -0.2) is 46.8 Å². The van der Waals surface area contributed by atoms with Crippen molar-refractivity contribution in [3.8, 4) is 0 Å². The summed E-state index contributed by atoms with van der Waals surface area (Å²) < 4.78 is 7.48. The fraction of sp³-hybridized carbons (Fsp3) is 0.263. The lowest BCUT2D eigenvalue weighted by Crippen LogP contribution is -2.48. The molecule has 0 saturated carbocycles. The Bertz CT molecular complexity index is 865. The molecule has 7 heteroatoms. The van der Waals surface area contributed by atoms with Crippen LogP contribution in [0.5, 0.6) is 0 Å². The van der Waals surface area contributed by atoms with Crippen molar-refractivity contribution >= 4 is 23.2 Å². The van der Waals surface area contributed by atoms with Crippen LogP contribution in [0.4, 0.5) is 5.69 Å². The predicted molar refractivity (Wildman–Crippen MR) is 99.6 cm³/mol.